The molecule has 3 nitrogen and oxygen atoms in total. The molecule has 0 unspecified atom stereocenters. The van der Waals surface area contributed by atoms with Crippen LogP contribution < -0.4 is 14.8 Å². The van der Waals surface area contributed by atoms with Gasteiger partial charge in [-0.1, -0.05) is 36.4 Å². The van der Waals surface area contributed by atoms with Gasteiger partial charge in [-0.15, -0.1) is 0 Å². The lowest BCUT2D eigenvalue weighted by Gasteiger charge is -2.28. The molecule has 2 aromatic carbocycles. The second-order valence-corrected chi connectivity index (χ2v) is 4.63. The van der Waals surface area contributed by atoms with E-state index in [4.69, 9.17) is 9.47 Å². The summed E-state index contributed by atoms with van der Waals surface area (Å²) in [7, 11) is 1.67. The molecule has 2 aromatic rings. The van der Waals surface area contributed by atoms with Gasteiger partial charge in [0, 0.05) is 13.1 Å². The highest BCUT2D eigenvalue weighted by molar-refractivity contribution is 5.67. The van der Waals surface area contributed by atoms with Crippen molar-refractivity contribution in [3.05, 3.63) is 48.5 Å². The summed E-state index contributed by atoms with van der Waals surface area (Å²) < 4.78 is 11.3. The minimum atomic E-state index is 0.250. The summed E-state index contributed by atoms with van der Waals surface area (Å²) in [6.45, 7) is 1.80. The minimum absolute atomic E-state index is 0.250. The molecule has 1 aliphatic rings. The normalized spacial score (nSPS) is 14.8. The lowest BCUT2D eigenvalue weighted by Crippen LogP contribution is -2.50. The van der Waals surface area contributed by atoms with Crippen molar-refractivity contribution in [2.45, 2.75) is 6.10 Å². The van der Waals surface area contributed by atoms with Gasteiger partial charge in [-0.25, -0.2) is 0 Å². The first-order chi connectivity index (χ1) is 9.36. The Hall–Kier alpha value is -2.00. The number of benzene rings is 2. The second-order valence-electron chi connectivity index (χ2n) is 4.63. The number of methoxy groups -OCH3 is 1. The molecule has 3 heteroatoms. The number of nitrogens with one attached hydrogen (secondary N) is 1. The number of rotatable bonds is 4. The Morgan fingerprint density at radius 3 is 2.37 bits per heavy atom. The van der Waals surface area contributed by atoms with E-state index in [9.17, 15) is 0 Å². The summed E-state index contributed by atoms with van der Waals surface area (Å²) >= 11 is 0. The Morgan fingerprint density at radius 1 is 0.947 bits per heavy atom. The Labute approximate surface area is 113 Å². The van der Waals surface area contributed by atoms with Gasteiger partial charge in [0.05, 0.1) is 7.11 Å². The van der Waals surface area contributed by atoms with Gasteiger partial charge in [-0.3, -0.25) is 0 Å². The zero-order valence-corrected chi connectivity index (χ0v) is 10.9. The smallest absolute Gasteiger partial charge is 0.162 e. The molecule has 19 heavy (non-hydrogen) atoms. The molecule has 98 valence electrons. The van der Waals surface area contributed by atoms with Crippen LogP contribution in [-0.4, -0.2) is 26.3 Å². The summed E-state index contributed by atoms with van der Waals surface area (Å²) in [5.74, 6) is 1.60. The Morgan fingerprint density at radius 2 is 1.74 bits per heavy atom. The lowest BCUT2D eigenvalue weighted by molar-refractivity contribution is 0.137. The van der Waals surface area contributed by atoms with E-state index in [1.54, 1.807) is 7.11 Å². The van der Waals surface area contributed by atoms with Gasteiger partial charge in [-0.2, -0.15) is 0 Å². The minimum Gasteiger partial charge on any atom is -0.493 e. The lowest BCUT2D eigenvalue weighted by atomic mass is 10.1. The van der Waals surface area contributed by atoms with E-state index in [1.165, 1.54) is 5.56 Å². The van der Waals surface area contributed by atoms with Crippen LogP contribution >= 0.6 is 0 Å². The van der Waals surface area contributed by atoms with Crippen LogP contribution in [0.2, 0.25) is 0 Å². The van der Waals surface area contributed by atoms with Crippen LogP contribution in [-0.2, 0) is 0 Å². The predicted octanol–water partition coefficient (Wildman–Crippen LogP) is 2.71. The quantitative estimate of drug-likeness (QED) is 0.911. The van der Waals surface area contributed by atoms with Gasteiger partial charge < -0.3 is 14.8 Å². The summed E-state index contributed by atoms with van der Waals surface area (Å²) in [5, 5.41) is 3.20. The van der Waals surface area contributed by atoms with E-state index in [0.29, 0.717) is 0 Å². The van der Waals surface area contributed by atoms with Gasteiger partial charge in [-0.05, 0) is 23.3 Å². The fourth-order valence-electron chi connectivity index (χ4n) is 2.10. The third kappa shape index (κ3) is 2.56. The molecule has 0 spiro atoms. The van der Waals surface area contributed by atoms with Crippen molar-refractivity contribution in [2.24, 2.45) is 0 Å². The van der Waals surface area contributed by atoms with Crippen molar-refractivity contribution >= 4 is 0 Å². The molecular formula is C16H17NO2. The second kappa shape index (κ2) is 5.33. The molecule has 0 saturated carbocycles. The van der Waals surface area contributed by atoms with E-state index >= 15 is 0 Å². The molecule has 3 rings (SSSR count). The van der Waals surface area contributed by atoms with Crippen molar-refractivity contribution in [2.75, 3.05) is 20.2 Å². The molecule has 1 N–H and O–H groups in total. The molecule has 0 aromatic heterocycles. The molecule has 0 amide bonds. The summed E-state index contributed by atoms with van der Waals surface area (Å²) in [4.78, 5) is 0. The molecule has 1 fully saturated rings. The van der Waals surface area contributed by atoms with Crippen LogP contribution in [0.3, 0.4) is 0 Å². The first-order valence-electron chi connectivity index (χ1n) is 6.47. The summed E-state index contributed by atoms with van der Waals surface area (Å²) in [6, 6.07) is 16.3. The van der Waals surface area contributed by atoms with Gasteiger partial charge in [0.25, 0.3) is 0 Å². The zero-order chi connectivity index (χ0) is 13.1. The average molecular weight is 255 g/mol. The van der Waals surface area contributed by atoms with Crippen LogP contribution in [0.25, 0.3) is 11.1 Å². The average Bonchev–Trinajstić information content (AvgIpc) is 2.43. The topological polar surface area (TPSA) is 30.5 Å². The maximum Gasteiger partial charge on any atom is 0.162 e. The highest BCUT2D eigenvalue weighted by Crippen LogP contribution is 2.33. The van der Waals surface area contributed by atoms with Gasteiger partial charge in [0.1, 0.15) is 6.10 Å². The van der Waals surface area contributed by atoms with E-state index in [2.05, 4.69) is 23.5 Å². The maximum atomic E-state index is 5.95. The van der Waals surface area contributed by atoms with Gasteiger partial charge in [0.15, 0.2) is 11.5 Å². The summed E-state index contributed by atoms with van der Waals surface area (Å²) in [5.41, 5.74) is 2.32. The van der Waals surface area contributed by atoms with Crippen LogP contribution in [0.1, 0.15) is 0 Å². The Bertz CT molecular complexity index is 550. The van der Waals surface area contributed by atoms with Gasteiger partial charge >= 0.3 is 0 Å². The Balaban J connectivity index is 1.92. The van der Waals surface area contributed by atoms with Crippen molar-refractivity contribution in [3.63, 3.8) is 0 Å². The molecule has 0 atom stereocenters. The van der Waals surface area contributed by atoms with Crippen molar-refractivity contribution in [3.8, 4) is 22.6 Å². The Kier molecular flexibility index (Phi) is 3.38. The van der Waals surface area contributed by atoms with Gasteiger partial charge in [0.2, 0.25) is 0 Å². The molecule has 0 radical (unpaired) electrons. The SMILES string of the molecule is COc1ccc(-c2ccccc2)cc1OC1CNC1. The molecule has 1 heterocycles. The third-order valence-corrected chi connectivity index (χ3v) is 3.31. The number of ether oxygens (including phenoxy) is 2. The van der Waals surface area contributed by atoms with E-state index in [0.717, 1.165) is 30.2 Å². The largest absolute Gasteiger partial charge is 0.493 e. The predicted molar refractivity (Wildman–Crippen MR) is 75.7 cm³/mol. The maximum absolute atomic E-state index is 5.95. The van der Waals surface area contributed by atoms with Crippen molar-refractivity contribution < 1.29 is 9.47 Å². The standard InChI is InChI=1S/C16H17NO2/c1-18-15-8-7-13(12-5-3-2-4-6-12)9-16(15)19-14-10-17-11-14/h2-9,14,17H,10-11H2,1H3. The summed E-state index contributed by atoms with van der Waals surface area (Å²) in [6.07, 6.45) is 0.250. The molecular weight excluding hydrogens is 238 g/mol. The van der Waals surface area contributed by atoms with Crippen molar-refractivity contribution in [1.29, 1.82) is 0 Å². The first kappa shape index (κ1) is 12.1. The fraction of sp³-hybridized carbons (Fsp3) is 0.250. The zero-order valence-electron chi connectivity index (χ0n) is 10.9. The van der Waals surface area contributed by atoms with E-state index in [-0.39, 0.29) is 6.10 Å². The number of hydrogen-bond donors (Lipinski definition) is 1. The molecule has 1 aliphatic heterocycles. The third-order valence-electron chi connectivity index (χ3n) is 3.31. The monoisotopic (exact) mass is 255 g/mol. The highest BCUT2D eigenvalue weighted by atomic mass is 16.5. The molecule has 1 saturated heterocycles. The van der Waals surface area contributed by atoms with Crippen LogP contribution in [0.15, 0.2) is 48.5 Å². The fourth-order valence-corrected chi connectivity index (χ4v) is 2.10. The van der Waals surface area contributed by atoms with Crippen LogP contribution in [0, 0.1) is 0 Å². The first-order valence-corrected chi connectivity index (χ1v) is 6.47. The van der Waals surface area contributed by atoms with Crippen LogP contribution in [0.4, 0.5) is 0 Å². The number of hydrogen-bond acceptors (Lipinski definition) is 3. The highest BCUT2D eigenvalue weighted by Gasteiger charge is 2.20. The van der Waals surface area contributed by atoms with E-state index in [1.807, 2.05) is 30.3 Å². The molecule has 0 bridgehead atoms. The van der Waals surface area contributed by atoms with Crippen LogP contribution in [0.5, 0.6) is 11.5 Å². The van der Waals surface area contributed by atoms with Crippen molar-refractivity contribution in [1.82, 2.24) is 5.32 Å². The van der Waals surface area contributed by atoms with E-state index < -0.39 is 0 Å². The molecule has 0 aliphatic carbocycles.